The van der Waals surface area contributed by atoms with Crippen LogP contribution in [0.3, 0.4) is 0 Å². The summed E-state index contributed by atoms with van der Waals surface area (Å²) in [4.78, 5) is 25.4. The minimum Gasteiger partial charge on any atom is -0.480 e. The van der Waals surface area contributed by atoms with Crippen LogP contribution in [0.25, 0.3) is 0 Å². The maximum absolute atomic E-state index is 12.5. The van der Waals surface area contributed by atoms with E-state index >= 15 is 0 Å². The van der Waals surface area contributed by atoms with Crippen LogP contribution in [-0.2, 0) is 4.79 Å². The van der Waals surface area contributed by atoms with Gasteiger partial charge >= 0.3 is 5.97 Å². The Morgan fingerprint density at radius 3 is 2.63 bits per heavy atom. The highest BCUT2D eigenvalue weighted by Crippen LogP contribution is 2.33. The third-order valence-electron chi connectivity index (χ3n) is 4.83. The van der Waals surface area contributed by atoms with Crippen molar-refractivity contribution >= 4 is 29.3 Å². The van der Waals surface area contributed by atoms with E-state index in [1.165, 1.54) is 43.9 Å². The third-order valence-corrected chi connectivity index (χ3v) is 5.76. The first-order valence-electron chi connectivity index (χ1n) is 9.61. The van der Waals surface area contributed by atoms with Gasteiger partial charge in [-0.25, -0.2) is 0 Å². The lowest BCUT2D eigenvalue weighted by molar-refractivity contribution is -0.137. The monoisotopic (exact) mass is 390 g/mol. The van der Waals surface area contributed by atoms with Crippen molar-refractivity contribution in [3.63, 3.8) is 0 Å². The second-order valence-corrected chi connectivity index (χ2v) is 8.61. The summed E-state index contributed by atoms with van der Waals surface area (Å²) in [6, 6.07) is 4.59. The largest absolute Gasteiger partial charge is 0.480 e. The van der Waals surface area contributed by atoms with Gasteiger partial charge in [0, 0.05) is 22.7 Å². The minimum atomic E-state index is -0.941. The van der Waals surface area contributed by atoms with E-state index in [-0.39, 0.29) is 5.91 Å². The van der Waals surface area contributed by atoms with Crippen LogP contribution in [0.1, 0.15) is 62.7 Å². The van der Waals surface area contributed by atoms with E-state index in [9.17, 15) is 9.59 Å². The van der Waals surface area contributed by atoms with E-state index in [1.807, 2.05) is 13.0 Å². The van der Waals surface area contributed by atoms with Gasteiger partial charge in [-0.2, -0.15) is 0 Å². The van der Waals surface area contributed by atoms with Crippen LogP contribution in [0.2, 0.25) is 0 Å². The zero-order valence-corrected chi connectivity index (χ0v) is 17.0. The number of benzene rings is 1. The summed E-state index contributed by atoms with van der Waals surface area (Å²) in [6.07, 6.45) is 7.50. The van der Waals surface area contributed by atoms with Crippen LogP contribution in [-0.4, -0.2) is 29.6 Å². The minimum absolute atomic E-state index is 0.122. The van der Waals surface area contributed by atoms with Gasteiger partial charge < -0.3 is 15.7 Å². The lowest BCUT2D eigenvalue weighted by Gasteiger charge is -2.21. The molecule has 148 valence electrons. The summed E-state index contributed by atoms with van der Waals surface area (Å²) in [6.45, 7) is 8.04. The quantitative estimate of drug-likeness (QED) is 0.523. The number of carboxylic acids is 1. The molecule has 0 aromatic heterocycles. The fourth-order valence-electron chi connectivity index (χ4n) is 3.32. The third kappa shape index (κ3) is 6.94. The average molecular weight is 391 g/mol. The zero-order valence-electron chi connectivity index (χ0n) is 16.2. The van der Waals surface area contributed by atoms with Gasteiger partial charge in [0.2, 0.25) is 0 Å². The van der Waals surface area contributed by atoms with Crippen molar-refractivity contribution < 1.29 is 14.7 Å². The highest BCUT2D eigenvalue weighted by atomic mass is 32.2. The van der Waals surface area contributed by atoms with Crippen LogP contribution in [0.5, 0.6) is 0 Å². The van der Waals surface area contributed by atoms with Crippen LogP contribution >= 0.6 is 11.8 Å². The van der Waals surface area contributed by atoms with Gasteiger partial charge in [0.15, 0.2) is 0 Å². The number of allylic oxidation sites excluding steroid dienone is 1. The summed E-state index contributed by atoms with van der Waals surface area (Å²) >= 11 is 1.45. The molecule has 0 aliphatic heterocycles. The predicted octanol–water partition coefficient (Wildman–Crippen LogP) is 4.90. The van der Waals surface area contributed by atoms with Gasteiger partial charge in [-0.1, -0.05) is 50.4 Å². The van der Waals surface area contributed by atoms with Gasteiger partial charge in [-0.3, -0.25) is 9.59 Å². The van der Waals surface area contributed by atoms with Crippen molar-refractivity contribution in [2.75, 3.05) is 11.9 Å². The Kier molecular flexibility index (Phi) is 8.23. The average Bonchev–Trinajstić information content (AvgIpc) is 2.63. The Bertz CT molecular complexity index is 684. The van der Waals surface area contributed by atoms with Gasteiger partial charge in [0.1, 0.15) is 6.04 Å². The normalized spacial score (nSPS) is 15.8. The molecule has 2 rings (SSSR count). The highest BCUT2D eigenvalue weighted by Gasteiger charge is 2.17. The Morgan fingerprint density at radius 2 is 2.00 bits per heavy atom. The molecule has 1 aromatic carbocycles. The molecule has 0 saturated heterocycles. The van der Waals surface area contributed by atoms with E-state index in [0.717, 1.165) is 22.1 Å². The zero-order chi connectivity index (χ0) is 19.8. The predicted molar refractivity (Wildman–Crippen MR) is 111 cm³/mol. The van der Waals surface area contributed by atoms with Gasteiger partial charge in [-0.15, -0.1) is 0 Å². The number of hydrogen-bond donors (Lipinski definition) is 3. The molecule has 0 spiro atoms. The highest BCUT2D eigenvalue weighted by molar-refractivity contribution is 8.03. The number of aliphatic carboxylic acids is 1. The number of carbonyl (C=O) groups is 2. The molecular weight excluding hydrogens is 360 g/mol. The maximum atomic E-state index is 12.5. The Hall–Kier alpha value is -1.95. The number of hydrogen-bond acceptors (Lipinski definition) is 4. The van der Waals surface area contributed by atoms with Crippen molar-refractivity contribution in [1.82, 2.24) is 5.32 Å². The van der Waals surface area contributed by atoms with Crippen molar-refractivity contribution in [1.29, 1.82) is 0 Å². The van der Waals surface area contributed by atoms with E-state index in [1.54, 1.807) is 19.1 Å². The standard InChI is InChI=1S/C21H30N2O3S/c1-14(2)27-19-10-9-17(13-18(19)23-15(3)21(25)26)20(24)22-12-11-16-7-5-4-6-8-16/h9-10,13,15-16,23H,1,4-8,11-12H2,2-3H3,(H,22,24)(H,25,26). The lowest BCUT2D eigenvalue weighted by atomic mass is 9.87. The molecule has 27 heavy (non-hydrogen) atoms. The Balaban J connectivity index is 2.02. The van der Waals surface area contributed by atoms with Crippen molar-refractivity contribution in [3.8, 4) is 0 Å². The lowest BCUT2D eigenvalue weighted by Crippen LogP contribution is -2.28. The first-order valence-corrected chi connectivity index (χ1v) is 10.4. The van der Waals surface area contributed by atoms with Crippen LogP contribution in [0, 0.1) is 5.92 Å². The van der Waals surface area contributed by atoms with Gasteiger partial charge in [0.25, 0.3) is 5.91 Å². The fraction of sp³-hybridized carbons (Fsp3) is 0.524. The molecule has 3 N–H and O–H groups in total. The van der Waals surface area contributed by atoms with Crippen LogP contribution in [0.15, 0.2) is 34.6 Å². The summed E-state index contributed by atoms with van der Waals surface area (Å²) in [5.74, 6) is -0.339. The summed E-state index contributed by atoms with van der Waals surface area (Å²) in [5, 5.41) is 15.1. The molecule has 0 heterocycles. The molecule has 1 aromatic rings. The molecular formula is C21H30N2O3S. The molecule has 0 bridgehead atoms. The maximum Gasteiger partial charge on any atom is 0.325 e. The van der Waals surface area contributed by atoms with Gasteiger partial charge in [0.05, 0.1) is 0 Å². The summed E-state index contributed by atoms with van der Waals surface area (Å²) in [7, 11) is 0. The SMILES string of the molecule is C=C(C)Sc1ccc(C(=O)NCCC2CCCCC2)cc1NC(C)C(=O)O. The van der Waals surface area contributed by atoms with Crippen molar-refractivity contribution in [2.24, 2.45) is 5.92 Å². The summed E-state index contributed by atoms with van der Waals surface area (Å²) in [5.41, 5.74) is 1.17. The number of carbonyl (C=O) groups excluding carboxylic acids is 1. The molecule has 1 aliphatic rings. The first kappa shape index (κ1) is 21.4. The molecule has 1 amide bonds. The van der Waals surface area contributed by atoms with E-state index in [0.29, 0.717) is 17.8 Å². The number of nitrogens with one attached hydrogen (secondary N) is 2. The van der Waals surface area contributed by atoms with Crippen LogP contribution in [0.4, 0.5) is 5.69 Å². The van der Waals surface area contributed by atoms with E-state index in [2.05, 4.69) is 17.2 Å². The Labute approximate surface area is 166 Å². The summed E-state index contributed by atoms with van der Waals surface area (Å²) < 4.78 is 0. The number of thioether (sulfide) groups is 1. The van der Waals surface area contributed by atoms with Crippen molar-refractivity contribution in [3.05, 3.63) is 35.2 Å². The second-order valence-electron chi connectivity index (χ2n) is 7.27. The number of rotatable bonds is 9. The smallest absolute Gasteiger partial charge is 0.325 e. The van der Waals surface area contributed by atoms with Gasteiger partial charge in [-0.05, 0) is 49.3 Å². The topological polar surface area (TPSA) is 78.4 Å². The molecule has 1 unspecified atom stereocenters. The Morgan fingerprint density at radius 1 is 1.30 bits per heavy atom. The second kappa shape index (κ2) is 10.4. The number of amides is 1. The molecule has 1 atom stereocenters. The molecule has 1 aliphatic carbocycles. The number of carboxylic acid groups (broad SMARTS) is 1. The molecule has 1 fully saturated rings. The molecule has 5 nitrogen and oxygen atoms in total. The van der Waals surface area contributed by atoms with Crippen molar-refractivity contribution in [2.45, 2.75) is 63.3 Å². The molecule has 1 saturated carbocycles. The number of anilines is 1. The molecule has 6 heteroatoms. The van der Waals surface area contributed by atoms with E-state index < -0.39 is 12.0 Å². The van der Waals surface area contributed by atoms with E-state index in [4.69, 9.17) is 5.11 Å². The first-order chi connectivity index (χ1) is 12.9. The van der Waals surface area contributed by atoms with Crippen LogP contribution < -0.4 is 10.6 Å². The molecule has 0 radical (unpaired) electrons. The fourth-order valence-corrected chi connectivity index (χ4v) is 4.06.